The minimum Gasteiger partial charge on any atom is -0.493 e. The molecule has 0 aromatic heterocycles. The second-order valence-corrected chi connectivity index (χ2v) is 8.64. The molecule has 0 radical (unpaired) electrons. The maximum Gasteiger partial charge on any atom is 0.335 e. The van der Waals surface area contributed by atoms with Gasteiger partial charge in [-0.05, 0) is 64.0 Å². The van der Waals surface area contributed by atoms with E-state index in [9.17, 15) is 9.59 Å². The molecule has 0 heterocycles. The fourth-order valence-electron chi connectivity index (χ4n) is 2.93. The number of carbonyl (C=O) groups is 2. The first-order valence-electron chi connectivity index (χ1n) is 9.82. The van der Waals surface area contributed by atoms with Gasteiger partial charge in [0.2, 0.25) is 0 Å². The number of amides is 1. The summed E-state index contributed by atoms with van der Waals surface area (Å²) >= 11 is 6.92. The number of hydrazone groups is 1. The minimum absolute atomic E-state index is 0.201. The Hall–Kier alpha value is -3.37. The van der Waals surface area contributed by atoms with Gasteiger partial charge in [-0.2, -0.15) is 5.10 Å². The fraction of sp³-hybridized carbons (Fsp3) is 0.125. The number of aromatic carboxylic acids is 1. The lowest BCUT2D eigenvalue weighted by molar-refractivity contribution is 0.0696. The second-order valence-electron chi connectivity index (χ2n) is 6.87. The molecule has 0 spiro atoms. The highest BCUT2D eigenvalue weighted by molar-refractivity contribution is 9.11. The van der Waals surface area contributed by atoms with Crippen molar-refractivity contribution in [3.05, 3.63) is 85.8 Å². The molecule has 176 valence electrons. The van der Waals surface area contributed by atoms with Gasteiger partial charge in [0.05, 0.1) is 30.5 Å². The molecule has 0 aliphatic carbocycles. The van der Waals surface area contributed by atoms with E-state index in [1.165, 1.54) is 32.6 Å². The van der Waals surface area contributed by atoms with Crippen LogP contribution in [0.15, 0.2) is 68.6 Å². The molecular formula is C24H20Br2N2O6. The molecule has 34 heavy (non-hydrogen) atoms. The number of carbonyl (C=O) groups excluding carboxylic acids is 1. The lowest BCUT2D eigenvalue weighted by Gasteiger charge is -2.12. The van der Waals surface area contributed by atoms with Gasteiger partial charge in [-0.1, -0.05) is 28.1 Å². The minimum atomic E-state index is -0.989. The van der Waals surface area contributed by atoms with Crippen LogP contribution in [0.3, 0.4) is 0 Å². The average molecular weight is 592 g/mol. The summed E-state index contributed by atoms with van der Waals surface area (Å²) < 4.78 is 17.8. The summed E-state index contributed by atoms with van der Waals surface area (Å²) in [6.07, 6.45) is 1.47. The van der Waals surface area contributed by atoms with Crippen molar-refractivity contribution in [3.8, 4) is 17.2 Å². The third-order valence-electron chi connectivity index (χ3n) is 4.64. The Morgan fingerprint density at radius 1 is 0.971 bits per heavy atom. The normalized spacial score (nSPS) is 10.7. The van der Waals surface area contributed by atoms with E-state index in [1.807, 2.05) is 6.07 Å². The van der Waals surface area contributed by atoms with Gasteiger partial charge in [0.15, 0.2) is 11.5 Å². The number of methoxy groups -OCH3 is 2. The molecule has 0 unspecified atom stereocenters. The number of nitrogens with one attached hydrogen (secondary N) is 1. The average Bonchev–Trinajstić information content (AvgIpc) is 2.83. The summed E-state index contributed by atoms with van der Waals surface area (Å²) in [5.74, 6) is 0.0432. The van der Waals surface area contributed by atoms with E-state index in [4.69, 9.17) is 19.3 Å². The van der Waals surface area contributed by atoms with Crippen LogP contribution in [0.5, 0.6) is 17.2 Å². The highest BCUT2D eigenvalue weighted by Crippen LogP contribution is 2.33. The molecular weight excluding hydrogens is 572 g/mol. The number of rotatable bonds is 9. The van der Waals surface area contributed by atoms with Crippen LogP contribution in [0.2, 0.25) is 0 Å². The predicted molar refractivity (Wildman–Crippen MR) is 134 cm³/mol. The first-order chi connectivity index (χ1) is 16.3. The van der Waals surface area contributed by atoms with Crippen molar-refractivity contribution >= 4 is 50.0 Å². The summed E-state index contributed by atoms with van der Waals surface area (Å²) in [5, 5.41) is 13.1. The number of benzene rings is 3. The Kier molecular flexibility index (Phi) is 8.67. The molecule has 0 bridgehead atoms. The standard InChI is InChI=1S/C24H20Br2N2O6/c1-32-20-8-7-16(10-21(20)33-2)23(29)28-27-12-17-9-18(25)11-19(26)22(17)34-13-14-3-5-15(6-4-14)24(30)31/h3-12H,13H2,1-2H3,(H,28,29)(H,30,31)/b27-12+. The summed E-state index contributed by atoms with van der Waals surface area (Å²) in [6.45, 7) is 0.207. The van der Waals surface area contributed by atoms with Crippen LogP contribution in [-0.4, -0.2) is 37.4 Å². The maximum atomic E-state index is 12.5. The lowest BCUT2D eigenvalue weighted by atomic mass is 10.1. The predicted octanol–water partition coefficient (Wildman–Crippen LogP) is 5.27. The third kappa shape index (κ3) is 6.36. The van der Waals surface area contributed by atoms with Gasteiger partial charge in [0.25, 0.3) is 5.91 Å². The summed E-state index contributed by atoms with van der Waals surface area (Å²) in [7, 11) is 3.01. The molecule has 0 atom stereocenters. The van der Waals surface area contributed by atoms with Gasteiger partial charge in [-0.15, -0.1) is 0 Å². The van der Waals surface area contributed by atoms with Gasteiger partial charge in [-0.25, -0.2) is 10.2 Å². The first kappa shape index (κ1) is 25.3. The van der Waals surface area contributed by atoms with Gasteiger partial charge in [0.1, 0.15) is 12.4 Å². The Bertz CT molecular complexity index is 1230. The van der Waals surface area contributed by atoms with Crippen molar-refractivity contribution in [1.82, 2.24) is 5.43 Å². The largest absolute Gasteiger partial charge is 0.493 e. The van der Waals surface area contributed by atoms with Crippen LogP contribution in [0, 0.1) is 0 Å². The van der Waals surface area contributed by atoms with Crippen LogP contribution in [0.1, 0.15) is 31.8 Å². The monoisotopic (exact) mass is 590 g/mol. The van der Waals surface area contributed by atoms with Gasteiger partial charge in [0, 0.05) is 15.6 Å². The highest BCUT2D eigenvalue weighted by atomic mass is 79.9. The quantitative estimate of drug-likeness (QED) is 0.259. The second kappa shape index (κ2) is 11.7. The molecule has 3 aromatic rings. The van der Waals surface area contributed by atoms with E-state index in [1.54, 1.807) is 36.4 Å². The molecule has 3 aromatic carbocycles. The molecule has 0 aliphatic heterocycles. The number of carboxylic acids is 1. The van der Waals surface area contributed by atoms with Crippen LogP contribution in [0.4, 0.5) is 0 Å². The molecule has 0 fully saturated rings. The molecule has 8 nitrogen and oxygen atoms in total. The van der Waals surface area contributed by atoms with Crippen molar-refractivity contribution in [3.63, 3.8) is 0 Å². The van der Waals surface area contributed by atoms with E-state index >= 15 is 0 Å². The van der Waals surface area contributed by atoms with Crippen molar-refractivity contribution in [2.45, 2.75) is 6.61 Å². The topological polar surface area (TPSA) is 106 Å². The summed E-state index contributed by atoms with van der Waals surface area (Å²) in [5.41, 5.74) is 4.44. The zero-order valence-electron chi connectivity index (χ0n) is 18.2. The number of nitrogens with zero attached hydrogens (tertiary/aromatic N) is 1. The van der Waals surface area contributed by atoms with Crippen molar-refractivity contribution in [2.24, 2.45) is 5.10 Å². The number of carboxylic acid groups (broad SMARTS) is 1. The molecule has 1 amide bonds. The smallest absolute Gasteiger partial charge is 0.335 e. The van der Waals surface area contributed by atoms with E-state index < -0.39 is 11.9 Å². The van der Waals surface area contributed by atoms with Crippen LogP contribution in [-0.2, 0) is 6.61 Å². The summed E-state index contributed by atoms with van der Waals surface area (Å²) in [6, 6.07) is 14.8. The van der Waals surface area contributed by atoms with E-state index in [0.717, 1.165) is 10.0 Å². The summed E-state index contributed by atoms with van der Waals surface area (Å²) in [4.78, 5) is 23.5. The molecule has 10 heteroatoms. The number of hydrogen-bond acceptors (Lipinski definition) is 6. The van der Waals surface area contributed by atoms with E-state index in [-0.39, 0.29) is 12.2 Å². The zero-order chi connectivity index (χ0) is 24.7. The molecule has 2 N–H and O–H groups in total. The Balaban J connectivity index is 1.74. The molecule has 3 rings (SSSR count). The van der Waals surface area contributed by atoms with Crippen molar-refractivity contribution < 1.29 is 28.9 Å². The number of hydrogen-bond donors (Lipinski definition) is 2. The van der Waals surface area contributed by atoms with Crippen LogP contribution in [0.25, 0.3) is 0 Å². The van der Waals surface area contributed by atoms with E-state index in [2.05, 4.69) is 42.4 Å². The maximum absolute atomic E-state index is 12.5. The van der Waals surface area contributed by atoms with Gasteiger partial charge >= 0.3 is 5.97 Å². The van der Waals surface area contributed by atoms with Crippen LogP contribution >= 0.6 is 31.9 Å². The Labute approximate surface area is 212 Å². The highest BCUT2D eigenvalue weighted by Gasteiger charge is 2.12. The number of halogens is 2. The first-order valence-corrected chi connectivity index (χ1v) is 11.4. The Morgan fingerprint density at radius 3 is 2.29 bits per heavy atom. The third-order valence-corrected chi connectivity index (χ3v) is 5.68. The fourth-order valence-corrected chi connectivity index (χ4v) is 4.30. The van der Waals surface area contributed by atoms with Crippen molar-refractivity contribution in [2.75, 3.05) is 14.2 Å². The van der Waals surface area contributed by atoms with Crippen molar-refractivity contribution in [1.29, 1.82) is 0 Å². The van der Waals surface area contributed by atoms with Gasteiger partial charge < -0.3 is 19.3 Å². The Morgan fingerprint density at radius 2 is 1.65 bits per heavy atom. The SMILES string of the molecule is COc1ccc(C(=O)N/N=C/c2cc(Br)cc(Br)c2OCc2ccc(C(=O)O)cc2)cc1OC. The van der Waals surface area contributed by atoms with Crippen LogP contribution < -0.4 is 19.6 Å². The molecule has 0 saturated heterocycles. The van der Waals surface area contributed by atoms with E-state index in [0.29, 0.717) is 32.8 Å². The zero-order valence-corrected chi connectivity index (χ0v) is 21.3. The molecule has 0 aliphatic rings. The number of ether oxygens (including phenoxy) is 3. The molecule has 0 saturated carbocycles. The lowest BCUT2D eigenvalue weighted by Crippen LogP contribution is -2.17. The van der Waals surface area contributed by atoms with Gasteiger partial charge in [-0.3, -0.25) is 4.79 Å².